The van der Waals surface area contributed by atoms with E-state index in [-0.39, 0.29) is 11.1 Å². The van der Waals surface area contributed by atoms with Crippen LogP contribution < -0.4 is 0 Å². The maximum Gasteiger partial charge on any atom is 0.311 e. The first-order chi connectivity index (χ1) is 7.49. The Hall–Kier alpha value is -1.45. The largest absolute Gasteiger partial charge is 0.481 e. The molecule has 0 saturated heterocycles. The van der Waals surface area contributed by atoms with E-state index in [1.54, 1.807) is 6.92 Å². The average molecular weight is 228 g/mol. The molecule has 1 unspecified atom stereocenters. The van der Waals surface area contributed by atoms with Gasteiger partial charge in [0.05, 0.1) is 5.92 Å². The molecule has 0 aliphatic carbocycles. The van der Waals surface area contributed by atoms with Gasteiger partial charge in [0.25, 0.3) is 0 Å². The first-order valence-corrected chi connectivity index (χ1v) is 5.16. The van der Waals surface area contributed by atoms with Crippen molar-refractivity contribution in [2.45, 2.75) is 32.6 Å². The van der Waals surface area contributed by atoms with Crippen LogP contribution >= 0.6 is 0 Å². The predicted molar refractivity (Wildman–Crippen MR) is 56.4 cm³/mol. The van der Waals surface area contributed by atoms with Crippen LogP contribution in [-0.2, 0) is 4.79 Å². The number of rotatable bonds is 4. The summed E-state index contributed by atoms with van der Waals surface area (Å²) in [4.78, 5) is 10.9. The highest BCUT2D eigenvalue weighted by Crippen LogP contribution is 2.27. The lowest BCUT2D eigenvalue weighted by atomic mass is 9.93. The van der Waals surface area contributed by atoms with Crippen molar-refractivity contribution in [3.8, 4) is 0 Å². The molecule has 0 spiro atoms. The third-order valence-electron chi connectivity index (χ3n) is 2.56. The number of benzene rings is 1. The maximum absolute atomic E-state index is 13.6. The third-order valence-corrected chi connectivity index (χ3v) is 2.56. The van der Waals surface area contributed by atoms with Gasteiger partial charge in [-0.3, -0.25) is 4.79 Å². The van der Waals surface area contributed by atoms with Crippen LogP contribution in [0, 0.1) is 18.6 Å². The molecule has 0 aliphatic rings. The molecular formula is C12H14F2O2. The van der Waals surface area contributed by atoms with E-state index in [1.807, 2.05) is 0 Å². The van der Waals surface area contributed by atoms with Gasteiger partial charge in [-0.05, 0) is 18.9 Å². The van der Waals surface area contributed by atoms with Crippen LogP contribution in [0.4, 0.5) is 8.78 Å². The average Bonchev–Trinajstić information content (AvgIpc) is 2.24. The summed E-state index contributed by atoms with van der Waals surface area (Å²) < 4.78 is 26.8. The van der Waals surface area contributed by atoms with Crippen LogP contribution in [-0.4, -0.2) is 11.1 Å². The standard InChI is InChI=1S/C12H14F2O2/c1-3-4-9(12(15)16)8-6-5-7(2)10(13)11(8)14/h5-6,9H,3-4H2,1-2H3,(H,15,16). The zero-order valence-electron chi connectivity index (χ0n) is 9.26. The molecule has 0 aromatic heterocycles. The summed E-state index contributed by atoms with van der Waals surface area (Å²) >= 11 is 0. The van der Waals surface area contributed by atoms with Crippen LogP contribution in [0.2, 0.25) is 0 Å². The minimum atomic E-state index is -1.12. The van der Waals surface area contributed by atoms with Crippen molar-refractivity contribution in [3.63, 3.8) is 0 Å². The van der Waals surface area contributed by atoms with Crippen LogP contribution in [0.25, 0.3) is 0 Å². The summed E-state index contributed by atoms with van der Waals surface area (Å²) in [5.41, 5.74) is 0.110. The van der Waals surface area contributed by atoms with Crippen molar-refractivity contribution in [1.82, 2.24) is 0 Å². The molecule has 0 amide bonds. The van der Waals surface area contributed by atoms with Crippen molar-refractivity contribution in [2.24, 2.45) is 0 Å². The third kappa shape index (κ3) is 2.38. The number of carboxylic acid groups (broad SMARTS) is 1. The fourth-order valence-corrected chi connectivity index (χ4v) is 1.63. The quantitative estimate of drug-likeness (QED) is 0.858. The van der Waals surface area contributed by atoms with Crippen LogP contribution in [0.3, 0.4) is 0 Å². The van der Waals surface area contributed by atoms with Crippen molar-refractivity contribution in [3.05, 3.63) is 34.9 Å². The van der Waals surface area contributed by atoms with E-state index in [9.17, 15) is 13.6 Å². The highest BCUT2D eigenvalue weighted by molar-refractivity contribution is 5.76. The second-order valence-electron chi connectivity index (χ2n) is 3.78. The lowest BCUT2D eigenvalue weighted by Crippen LogP contribution is -2.14. The number of carbonyl (C=O) groups is 1. The van der Waals surface area contributed by atoms with E-state index >= 15 is 0 Å². The minimum absolute atomic E-state index is 0.0718. The summed E-state index contributed by atoms with van der Waals surface area (Å²) in [6, 6.07) is 2.75. The smallest absolute Gasteiger partial charge is 0.311 e. The molecule has 16 heavy (non-hydrogen) atoms. The van der Waals surface area contributed by atoms with E-state index in [4.69, 9.17) is 5.11 Å². The molecule has 2 nitrogen and oxygen atoms in total. The molecule has 1 aromatic carbocycles. The van der Waals surface area contributed by atoms with Gasteiger partial charge in [-0.25, -0.2) is 8.78 Å². The van der Waals surface area contributed by atoms with Gasteiger partial charge in [-0.2, -0.15) is 0 Å². The highest BCUT2D eigenvalue weighted by Gasteiger charge is 2.24. The van der Waals surface area contributed by atoms with E-state index in [0.717, 1.165) is 0 Å². The molecule has 88 valence electrons. The van der Waals surface area contributed by atoms with Crippen molar-refractivity contribution < 1.29 is 18.7 Å². The van der Waals surface area contributed by atoms with Gasteiger partial charge in [0.15, 0.2) is 11.6 Å². The number of hydrogen-bond donors (Lipinski definition) is 1. The van der Waals surface area contributed by atoms with Gasteiger partial charge in [0.2, 0.25) is 0 Å². The molecule has 1 rings (SSSR count). The van der Waals surface area contributed by atoms with Crippen LogP contribution in [0.15, 0.2) is 12.1 Å². The number of halogens is 2. The fraction of sp³-hybridized carbons (Fsp3) is 0.417. The summed E-state index contributed by atoms with van der Waals surface area (Å²) in [6.07, 6.45) is 0.903. The zero-order valence-corrected chi connectivity index (χ0v) is 9.26. The second-order valence-corrected chi connectivity index (χ2v) is 3.78. The predicted octanol–water partition coefficient (Wildman–Crippen LogP) is 3.24. The first-order valence-electron chi connectivity index (χ1n) is 5.16. The summed E-state index contributed by atoms with van der Waals surface area (Å²) in [7, 11) is 0. The SMILES string of the molecule is CCCC(C(=O)O)c1ccc(C)c(F)c1F. The lowest BCUT2D eigenvalue weighted by Gasteiger charge is -2.13. The number of carboxylic acids is 1. The molecule has 0 aliphatic heterocycles. The lowest BCUT2D eigenvalue weighted by molar-refractivity contribution is -0.139. The van der Waals surface area contributed by atoms with Gasteiger partial charge in [0, 0.05) is 5.56 Å². The molecule has 0 saturated carbocycles. The topological polar surface area (TPSA) is 37.3 Å². The Kier molecular flexibility index (Phi) is 3.99. The minimum Gasteiger partial charge on any atom is -0.481 e. The van der Waals surface area contributed by atoms with E-state index < -0.39 is 23.5 Å². The van der Waals surface area contributed by atoms with E-state index in [1.165, 1.54) is 19.1 Å². The van der Waals surface area contributed by atoms with Crippen LogP contribution in [0.1, 0.15) is 36.8 Å². The Balaban J connectivity index is 3.20. The molecule has 1 aromatic rings. The fourth-order valence-electron chi connectivity index (χ4n) is 1.63. The summed E-state index contributed by atoms with van der Waals surface area (Å²) in [6.45, 7) is 3.25. The maximum atomic E-state index is 13.6. The molecule has 1 atom stereocenters. The Labute approximate surface area is 92.9 Å². The second kappa shape index (κ2) is 5.05. The number of aryl methyl sites for hydroxylation is 1. The van der Waals surface area contributed by atoms with Crippen LogP contribution in [0.5, 0.6) is 0 Å². The van der Waals surface area contributed by atoms with E-state index in [0.29, 0.717) is 12.8 Å². The normalized spacial score (nSPS) is 12.5. The Morgan fingerprint density at radius 2 is 2.00 bits per heavy atom. The first kappa shape index (κ1) is 12.6. The van der Waals surface area contributed by atoms with Crippen molar-refractivity contribution in [2.75, 3.05) is 0 Å². The Bertz CT molecular complexity index is 402. The van der Waals surface area contributed by atoms with Gasteiger partial charge < -0.3 is 5.11 Å². The van der Waals surface area contributed by atoms with Gasteiger partial charge >= 0.3 is 5.97 Å². The van der Waals surface area contributed by atoms with Crippen molar-refractivity contribution >= 4 is 5.97 Å². The zero-order chi connectivity index (χ0) is 12.3. The highest BCUT2D eigenvalue weighted by atomic mass is 19.2. The Morgan fingerprint density at radius 1 is 1.38 bits per heavy atom. The summed E-state index contributed by atoms with van der Waals surface area (Å²) in [5.74, 6) is -4.09. The molecule has 0 fully saturated rings. The molecule has 0 bridgehead atoms. The molecular weight excluding hydrogens is 214 g/mol. The molecule has 1 N–H and O–H groups in total. The van der Waals surface area contributed by atoms with E-state index in [2.05, 4.69) is 0 Å². The van der Waals surface area contributed by atoms with Gasteiger partial charge in [-0.15, -0.1) is 0 Å². The molecule has 0 heterocycles. The molecule has 0 radical (unpaired) electrons. The number of aliphatic carboxylic acids is 1. The number of hydrogen-bond acceptors (Lipinski definition) is 1. The van der Waals surface area contributed by atoms with Crippen molar-refractivity contribution in [1.29, 1.82) is 0 Å². The molecule has 4 heteroatoms. The van der Waals surface area contributed by atoms with Gasteiger partial charge in [-0.1, -0.05) is 25.5 Å². The van der Waals surface area contributed by atoms with Gasteiger partial charge in [0.1, 0.15) is 0 Å². The summed E-state index contributed by atoms with van der Waals surface area (Å²) in [5, 5.41) is 8.95. The Morgan fingerprint density at radius 3 is 2.50 bits per heavy atom. The monoisotopic (exact) mass is 228 g/mol.